The lowest BCUT2D eigenvalue weighted by molar-refractivity contribution is -0.137. The predicted octanol–water partition coefficient (Wildman–Crippen LogP) is 5.54. The van der Waals surface area contributed by atoms with Crippen LogP contribution in [0.15, 0.2) is 36.4 Å². The molecule has 0 spiro atoms. The maximum Gasteiger partial charge on any atom is 0.416 e. The number of hydrogen-bond acceptors (Lipinski definition) is 5. The van der Waals surface area contributed by atoms with Crippen LogP contribution in [0.1, 0.15) is 39.2 Å². The van der Waals surface area contributed by atoms with Crippen molar-refractivity contribution in [1.29, 1.82) is 0 Å². The second-order valence-corrected chi connectivity index (χ2v) is 10.4. The van der Waals surface area contributed by atoms with Crippen molar-refractivity contribution in [3.63, 3.8) is 0 Å². The zero-order chi connectivity index (χ0) is 29.8. The van der Waals surface area contributed by atoms with Gasteiger partial charge in [-0.1, -0.05) is 11.6 Å². The average Bonchev–Trinajstić information content (AvgIpc) is 2.84. The second kappa shape index (κ2) is 12.3. The van der Waals surface area contributed by atoms with E-state index in [1.54, 1.807) is 20.8 Å². The molecular formula is C26H27ClF5N3O5. The molecule has 0 radical (unpaired) electrons. The fourth-order valence-corrected chi connectivity index (χ4v) is 4.00. The van der Waals surface area contributed by atoms with Crippen LogP contribution >= 0.6 is 11.6 Å². The molecule has 2 aromatic rings. The quantitative estimate of drug-likeness (QED) is 0.430. The first-order chi connectivity index (χ1) is 18.5. The van der Waals surface area contributed by atoms with E-state index in [1.165, 1.54) is 12.1 Å². The van der Waals surface area contributed by atoms with Gasteiger partial charge in [-0.05, 0) is 63.9 Å². The Morgan fingerprint density at radius 1 is 1.02 bits per heavy atom. The van der Waals surface area contributed by atoms with Crippen LogP contribution in [-0.4, -0.2) is 53.6 Å². The molecule has 2 aromatic carbocycles. The smallest absolute Gasteiger partial charge is 0.416 e. The number of ether oxygens (including phenoxy) is 2. The maximum absolute atomic E-state index is 14.2. The van der Waals surface area contributed by atoms with Crippen LogP contribution in [0, 0.1) is 11.6 Å². The number of rotatable bonds is 6. The summed E-state index contributed by atoms with van der Waals surface area (Å²) in [6, 6.07) is 3.35. The average molecular weight is 592 g/mol. The second-order valence-electron chi connectivity index (χ2n) is 10.0. The Hall–Kier alpha value is -3.61. The van der Waals surface area contributed by atoms with E-state index in [-0.39, 0.29) is 30.2 Å². The first-order valence-electron chi connectivity index (χ1n) is 12.1. The normalized spacial score (nSPS) is 17.7. The number of nitrogens with zero attached hydrogens (tertiary/aromatic N) is 1. The molecule has 2 N–H and O–H groups in total. The molecule has 1 aliphatic heterocycles. The summed E-state index contributed by atoms with van der Waals surface area (Å²) in [6.45, 7) is 4.11. The lowest BCUT2D eigenvalue weighted by Crippen LogP contribution is -2.58. The lowest BCUT2D eigenvalue weighted by atomic mass is 9.97. The van der Waals surface area contributed by atoms with Crippen molar-refractivity contribution in [3.05, 3.63) is 58.6 Å². The number of amides is 3. The third-order valence-electron chi connectivity index (χ3n) is 5.69. The number of anilines is 1. The Morgan fingerprint density at radius 3 is 2.35 bits per heavy atom. The number of piperidine rings is 1. The molecule has 2 unspecified atom stereocenters. The SMILES string of the molecule is CC(C)(C)OC(=O)N1CC(NC(=O)COc2ccc(Cl)c(F)c2)CCC1C(=O)Nc1cc(C(F)(F)F)ccc1F. The van der Waals surface area contributed by atoms with Crippen molar-refractivity contribution >= 4 is 35.2 Å². The van der Waals surface area contributed by atoms with Gasteiger partial charge in [0.2, 0.25) is 5.91 Å². The summed E-state index contributed by atoms with van der Waals surface area (Å²) in [5.41, 5.74) is -2.82. The molecule has 1 fully saturated rings. The first-order valence-corrected chi connectivity index (χ1v) is 12.5. The van der Waals surface area contributed by atoms with Crippen LogP contribution in [0.3, 0.4) is 0 Å². The minimum Gasteiger partial charge on any atom is -0.484 e. The highest BCUT2D eigenvalue weighted by atomic mass is 35.5. The molecule has 0 aromatic heterocycles. The highest BCUT2D eigenvalue weighted by Crippen LogP contribution is 2.32. The Bertz CT molecular complexity index is 1270. The summed E-state index contributed by atoms with van der Waals surface area (Å²) in [5.74, 6) is -3.28. The van der Waals surface area contributed by atoms with Gasteiger partial charge in [-0.2, -0.15) is 13.2 Å². The Kier molecular flexibility index (Phi) is 9.49. The standard InChI is InChI=1S/C26H27ClF5N3O5/c1-25(2,3)40-24(38)35-12-15(33-22(36)13-39-16-6-7-17(27)19(29)11-16)5-9-21(35)23(37)34-20-10-14(26(30,31)32)4-8-18(20)28/h4,6-8,10-11,15,21H,5,9,12-13H2,1-3H3,(H,33,36)(H,34,37). The maximum atomic E-state index is 14.2. The van der Waals surface area contributed by atoms with Crippen molar-refractivity contribution in [2.75, 3.05) is 18.5 Å². The predicted molar refractivity (Wildman–Crippen MR) is 135 cm³/mol. The minimum absolute atomic E-state index is 0.0279. The highest BCUT2D eigenvalue weighted by Gasteiger charge is 2.39. The number of halogens is 6. The van der Waals surface area contributed by atoms with Gasteiger partial charge < -0.3 is 20.1 Å². The van der Waals surface area contributed by atoms with Crippen LogP contribution in [0.4, 0.5) is 32.4 Å². The van der Waals surface area contributed by atoms with Crippen LogP contribution < -0.4 is 15.4 Å². The Balaban J connectivity index is 1.71. The molecule has 8 nitrogen and oxygen atoms in total. The van der Waals surface area contributed by atoms with E-state index in [0.717, 1.165) is 11.0 Å². The molecule has 0 saturated carbocycles. The number of hydrogen-bond donors (Lipinski definition) is 2. The fourth-order valence-electron chi connectivity index (χ4n) is 3.88. The number of benzene rings is 2. The lowest BCUT2D eigenvalue weighted by Gasteiger charge is -2.39. The Morgan fingerprint density at radius 2 is 1.73 bits per heavy atom. The van der Waals surface area contributed by atoms with Gasteiger partial charge >= 0.3 is 12.3 Å². The monoisotopic (exact) mass is 591 g/mol. The molecule has 14 heteroatoms. The molecule has 1 aliphatic rings. The van der Waals surface area contributed by atoms with Crippen LogP contribution in [0.5, 0.6) is 5.75 Å². The topological polar surface area (TPSA) is 97.0 Å². The van der Waals surface area contributed by atoms with Gasteiger partial charge in [0.25, 0.3) is 5.91 Å². The molecule has 218 valence electrons. The molecule has 3 amide bonds. The van der Waals surface area contributed by atoms with Crippen LogP contribution in [0.25, 0.3) is 0 Å². The van der Waals surface area contributed by atoms with E-state index in [9.17, 15) is 36.3 Å². The number of carbonyl (C=O) groups is 3. The summed E-state index contributed by atoms with van der Waals surface area (Å²) >= 11 is 5.62. The van der Waals surface area contributed by atoms with Crippen molar-refractivity contribution in [3.8, 4) is 5.75 Å². The zero-order valence-corrected chi connectivity index (χ0v) is 22.5. The molecule has 40 heavy (non-hydrogen) atoms. The fraction of sp³-hybridized carbons (Fsp3) is 0.423. The van der Waals surface area contributed by atoms with E-state index < -0.39 is 71.3 Å². The van der Waals surface area contributed by atoms with Crippen LogP contribution in [0.2, 0.25) is 5.02 Å². The molecule has 0 bridgehead atoms. The molecule has 3 rings (SSSR count). The van der Waals surface area contributed by atoms with Gasteiger partial charge in [-0.3, -0.25) is 14.5 Å². The molecule has 1 saturated heterocycles. The Labute approximate surface area is 231 Å². The summed E-state index contributed by atoms with van der Waals surface area (Å²) in [7, 11) is 0. The summed E-state index contributed by atoms with van der Waals surface area (Å²) in [4.78, 5) is 39.5. The molecule has 1 heterocycles. The van der Waals surface area contributed by atoms with E-state index in [1.807, 2.05) is 0 Å². The number of carbonyl (C=O) groups excluding carboxylic acids is 3. The summed E-state index contributed by atoms with van der Waals surface area (Å²) < 4.78 is 77.7. The third kappa shape index (κ3) is 8.44. The highest BCUT2D eigenvalue weighted by molar-refractivity contribution is 6.30. The summed E-state index contributed by atoms with van der Waals surface area (Å²) in [5, 5.41) is 4.67. The van der Waals surface area contributed by atoms with Crippen molar-refractivity contribution in [2.24, 2.45) is 0 Å². The van der Waals surface area contributed by atoms with Gasteiger partial charge in [-0.15, -0.1) is 0 Å². The summed E-state index contributed by atoms with van der Waals surface area (Å²) in [6.07, 6.45) is -5.52. The molecular weight excluding hydrogens is 565 g/mol. The van der Waals surface area contributed by atoms with E-state index in [4.69, 9.17) is 21.1 Å². The number of nitrogens with one attached hydrogen (secondary N) is 2. The zero-order valence-electron chi connectivity index (χ0n) is 21.7. The van der Waals surface area contributed by atoms with Crippen molar-refractivity contribution in [2.45, 2.75) is 57.5 Å². The van der Waals surface area contributed by atoms with Crippen molar-refractivity contribution < 1.29 is 45.8 Å². The van der Waals surface area contributed by atoms with E-state index in [2.05, 4.69) is 10.6 Å². The minimum atomic E-state index is -4.77. The van der Waals surface area contributed by atoms with Crippen LogP contribution in [-0.2, 0) is 20.5 Å². The van der Waals surface area contributed by atoms with E-state index in [0.29, 0.717) is 18.2 Å². The largest absolute Gasteiger partial charge is 0.484 e. The third-order valence-corrected chi connectivity index (χ3v) is 6.00. The first kappa shape index (κ1) is 30.9. The van der Waals surface area contributed by atoms with Gasteiger partial charge in [0.1, 0.15) is 29.0 Å². The van der Waals surface area contributed by atoms with Gasteiger partial charge in [0, 0.05) is 18.7 Å². The number of likely N-dealkylation sites (tertiary alicyclic amines) is 1. The number of alkyl halides is 3. The van der Waals surface area contributed by atoms with E-state index >= 15 is 0 Å². The van der Waals surface area contributed by atoms with Gasteiger partial charge in [0.15, 0.2) is 6.61 Å². The van der Waals surface area contributed by atoms with Crippen molar-refractivity contribution in [1.82, 2.24) is 10.2 Å². The van der Waals surface area contributed by atoms with Gasteiger partial charge in [0.05, 0.1) is 16.3 Å². The molecule has 2 atom stereocenters. The molecule has 0 aliphatic carbocycles. The van der Waals surface area contributed by atoms with Gasteiger partial charge in [-0.25, -0.2) is 13.6 Å².